The first-order valence-corrected chi connectivity index (χ1v) is 9.00. The molecule has 0 saturated heterocycles. The minimum Gasteiger partial charge on any atom is -0.310 e. The topological polar surface area (TPSA) is 12.0 Å². The van der Waals surface area contributed by atoms with E-state index in [0.29, 0.717) is 17.4 Å². The molecule has 0 aliphatic heterocycles. The van der Waals surface area contributed by atoms with Gasteiger partial charge in [-0.1, -0.05) is 64.8 Å². The van der Waals surface area contributed by atoms with E-state index in [0.717, 1.165) is 6.54 Å². The van der Waals surface area contributed by atoms with Gasteiger partial charge >= 0.3 is 0 Å². The Kier molecular flexibility index (Phi) is 5.87. The maximum absolute atomic E-state index is 3.80. The number of nitrogens with one attached hydrogen (secondary N) is 1. The van der Waals surface area contributed by atoms with Crippen LogP contribution in [0.25, 0.3) is 0 Å². The largest absolute Gasteiger partial charge is 0.310 e. The fourth-order valence-electron chi connectivity index (χ4n) is 4.07. The van der Waals surface area contributed by atoms with Crippen LogP contribution in [0.2, 0.25) is 0 Å². The molecule has 1 aliphatic carbocycles. The Bertz CT molecular complexity index is 414. The summed E-state index contributed by atoms with van der Waals surface area (Å²) in [5.74, 6) is 0.670. The molecule has 118 valence electrons. The molecule has 0 aromatic heterocycles. The molecule has 1 nitrogen and oxygen atoms in total. The maximum Gasteiger partial charge on any atom is 0.0376 e. The molecule has 0 radical (unpaired) electrons. The molecule has 21 heavy (non-hydrogen) atoms. The Hall–Kier alpha value is -0.820. The zero-order chi connectivity index (χ0) is 15.3. The summed E-state index contributed by atoms with van der Waals surface area (Å²) in [6, 6.07) is 9.99. The first-order valence-electron chi connectivity index (χ1n) is 9.00. The number of benzene rings is 1. The van der Waals surface area contributed by atoms with Gasteiger partial charge < -0.3 is 5.32 Å². The lowest BCUT2D eigenvalue weighted by Gasteiger charge is -2.38. The van der Waals surface area contributed by atoms with Crippen LogP contribution in [-0.2, 0) is 0 Å². The minimum absolute atomic E-state index is 0.480. The van der Waals surface area contributed by atoms with Crippen molar-refractivity contribution in [3.05, 3.63) is 35.4 Å². The van der Waals surface area contributed by atoms with Gasteiger partial charge in [0.15, 0.2) is 0 Å². The molecule has 2 rings (SSSR count). The fraction of sp³-hybridized carbons (Fsp3) is 0.700. The smallest absolute Gasteiger partial charge is 0.0376 e. The summed E-state index contributed by atoms with van der Waals surface area (Å²) in [5, 5.41) is 3.80. The Morgan fingerprint density at radius 2 is 1.57 bits per heavy atom. The van der Waals surface area contributed by atoms with Gasteiger partial charge in [-0.05, 0) is 54.7 Å². The van der Waals surface area contributed by atoms with Gasteiger partial charge in [0.05, 0.1) is 0 Å². The SMILES string of the molecule is CCNC(c1ccc(C(C)CC)cc1)C1(CC)CCCC1. The second-order valence-electron chi connectivity index (χ2n) is 6.89. The minimum atomic E-state index is 0.480. The van der Waals surface area contributed by atoms with Gasteiger partial charge in [0.25, 0.3) is 0 Å². The van der Waals surface area contributed by atoms with Crippen LogP contribution in [0, 0.1) is 5.41 Å². The highest BCUT2D eigenvalue weighted by molar-refractivity contribution is 5.29. The summed E-state index contributed by atoms with van der Waals surface area (Å²) < 4.78 is 0. The van der Waals surface area contributed by atoms with Crippen molar-refractivity contribution in [2.24, 2.45) is 5.41 Å². The molecule has 2 atom stereocenters. The van der Waals surface area contributed by atoms with Gasteiger partial charge in [0, 0.05) is 6.04 Å². The van der Waals surface area contributed by atoms with Crippen LogP contribution in [0.3, 0.4) is 0 Å². The molecule has 0 spiro atoms. The molecule has 2 unspecified atom stereocenters. The summed E-state index contributed by atoms with van der Waals surface area (Å²) in [7, 11) is 0. The lowest BCUT2D eigenvalue weighted by Crippen LogP contribution is -2.36. The van der Waals surface area contributed by atoms with Gasteiger partial charge in [0.1, 0.15) is 0 Å². The molecule has 1 aliphatic rings. The second kappa shape index (κ2) is 7.45. The third-order valence-corrected chi connectivity index (χ3v) is 5.78. The van der Waals surface area contributed by atoms with Crippen molar-refractivity contribution in [2.45, 2.75) is 78.2 Å². The van der Waals surface area contributed by atoms with Crippen molar-refractivity contribution >= 4 is 0 Å². The van der Waals surface area contributed by atoms with Crippen LogP contribution in [-0.4, -0.2) is 6.54 Å². The number of rotatable bonds is 7. The van der Waals surface area contributed by atoms with Gasteiger partial charge in [-0.15, -0.1) is 0 Å². The molecule has 1 saturated carbocycles. The summed E-state index contributed by atoms with van der Waals surface area (Å²) >= 11 is 0. The van der Waals surface area contributed by atoms with Crippen LogP contribution in [0.1, 0.15) is 89.3 Å². The molecule has 1 aromatic carbocycles. The lowest BCUT2D eigenvalue weighted by molar-refractivity contribution is 0.189. The Morgan fingerprint density at radius 3 is 2.05 bits per heavy atom. The molecule has 1 heteroatoms. The monoisotopic (exact) mass is 287 g/mol. The predicted octanol–water partition coefficient (Wildman–Crippen LogP) is 5.82. The van der Waals surface area contributed by atoms with Crippen molar-refractivity contribution in [1.82, 2.24) is 5.32 Å². The zero-order valence-electron chi connectivity index (χ0n) is 14.4. The molecule has 1 N–H and O–H groups in total. The Balaban J connectivity index is 2.25. The number of hydrogen-bond donors (Lipinski definition) is 1. The Morgan fingerprint density at radius 1 is 1.00 bits per heavy atom. The third-order valence-electron chi connectivity index (χ3n) is 5.78. The van der Waals surface area contributed by atoms with Gasteiger partial charge in [-0.2, -0.15) is 0 Å². The molecule has 0 heterocycles. The van der Waals surface area contributed by atoms with Crippen molar-refractivity contribution in [3.8, 4) is 0 Å². The summed E-state index contributed by atoms with van der Waals surface area (Å²) in [4.78, 5) is 0. The van der Waals surface area contributed by atoms with Crippen LogP contribution >= 0.6 is 0 Å². The van der Waals surface area contributed by atoms with E-state index in [2.05, 4.69) is 57.3 Å². The first kappa shape index (κ1) is 16.5. The zero-order valence-corrected chi connectivity index (χ0v) is 14.4. The van der Waals surface area contributed by atoms with Gasteiger partial charge in [-0.3, -0.25) is 0 Å². The van der Waals surface area contributed by atoms with E-state index in [9.17, 15) is 0 Å². The Labute approximate surface area is 131 Å². The van der Waals surface area contributed by atoms with Crippen molar-refractivity contribution in [1.29, 1.82) is 0 Å². The van der Waals surface area contributed by atoms with E-state index in [1.165, 1.54) is 49.7 Å². The van der Waals surface area contributed by atoms with E-state index in [-0.39, 0.29) is 0 Å². The van der Waals surface area contributed by atoms with Crippen LogP contribution in [0.5, 0.6) is 0 Å². The molecule has 1 fully saturated rings. The van der Waals surface area contributed by atoms with Gasteiger partial charge in [-0.25, -0.2) is 0 Å². The average molecular weight is 287 g/mol. The summed E-state index contributed by atoms with van der Waals surface area (Å²) in [5.41, 5.74) is 3.45. The first-order chi connectivity index (χ1) is 10.2. The van der Waals surface area contributed by atoms with Gasteiger partial charge in [0.2, 0.25) is 0 Å². The van der Waals surface area contributed by atoms with E-state index in [1.54, 1.807) is 0 Å². The van der Waals surface area contributed by atoms with Crippen molar-refractivity contribution < 1.29 is 0 Å². The van der Waals surface area contributed by atoms with E-state index in [1.807, 2.05) is 0 Å². The van der Waals surface area contributed by atoms with E-state index in [4.69, 9.17) is 0 Å². The summed E-state index contributed by atoms with van der Waals surface area (Å²) in [6.07, 6.45) is 8.08. The number of hydrogen-bond acceptors (Lipinski definition) is 1. The highest BCUT2D eigenvalue weighted by Crippen LogP contribution is 2.50. The highest BCUT2D eigenvalue weighted by Gasteiger charge is 2.40. The highest BCUT2D eigenvalue weighted by atomic mass is 14.9. The van der Waals surface area contributed by atoms with Crippen LogP contribution in [0.15, 0.2) is 24.3 Å². The molecular formula is C20H33N. The quantitative estimate of drug-likeness (QED) is 0.666. The molecule has 0 amide bonds. The molecule has 1 aromatic rings. The summed E-state index contributed by atoms with van der Waals surface area (Å²) in [6.45, 7) is 10.3. The predicted molar refractivity (Wildman–Crippen MR) is 92.8 cm³/mol. The molecular weight excluding hydrogens is 254 g/mol. The van der Waals surface area contributed by atoms with Crippen LogP contribution < -0.4 is 5.32 Å². The standard InChI is InChI=1S/C20H33N/c1-5-16(4)17-10-12-18(13-11-17)19(21-7-3)20(6-2)14-8-9-15-20/h10-13,16,19,21H,5-9,14-15H2,1-4H3. The molecule has 0 bridgehead atoms. The fourth-order valence-corrected chi connectivity index (χ4v) is 4.07. The van der Waals surface area contributed by atoms with Crippen molar-refractivity contribution in [3.63, 3.8) is 0 Å². The average Bonchev–Trinajstić information content (AvgIpc) is 3.02. The van der Waals surface area contributed by atoms with Crippen LogP contribution in [0.4, 0.5) is 0 Å². The third kappa shape index (κ3) is 3.51. The van der Waals surface area contributed by atoms with E-state index < -0.39 is 0 Å². The van der Waals surface area contributed by atoms with Crippen molar-refractivity contribution in [2.75, 3.05) is 6.54 Å². The lowest BCUT2D eigenvalue weighted by atomic mass is 9.73. The second-order valence-corrected chi connectivity index (χ2v) is 6.89. The van der Waals surface area contributed by atoms with E-state index >= 15 is 0 Å². The maximum atomic E-state index is 3.80. The normalized spacial score (nSPS) is 20.4.